The molecule has 8 heteroatoms. The molecule has 0 amide bonds. The van der Waals surface area contributed by atoms with Gasteiger partial charge in [0.25, 0.3) is 0 Å². The van der Waals surface area contributed by atoms with Crippen LogP contribution in [0, 0.1) is 0 Å². The Kier molecular flexibility index (Phi) is 7.12. The van der Waals surface area contributed by atoms with Crippen LogP contribution in [0.1, 0.15) is 23.7 Å². The summed E-state index contributed by atoms with van der Waals surface area (Å²) in [7, 11) is 3.25. The molecule has 2 N–H and O–H groups in total. The van der Waals surface area contributed by atoms with E-state index in [0.29, 0.717) is 24.0 Å². The quantitative estimate of drug-likeness (QED) is 0.549. The van der Waals surface area contributed by atoms with E-state index in [9.17, 15) is 5.11 Å². The van der Waals surface area contributed by atoms with Gasteiger partial charge in [0.2, 0.25) is 0 Å². The van der Waals surface area contributed by atoms with Crippen molar-refractivity contribution in [3.8, 4) is 11.5 Å². The summed E-state index contributed by atoms with van der Waals surface area (Å²) in [5.41, 5.74) is 1.72. The summed E-state index contributed by atoms with van der Waals surface area (Å²) in [5.74, 6) is 1.42. The Morgan fingerprint density at radius 2 is 1.96 bits per heavy atom. The number of nitrogens with zero attached hydrogens (tertiary/aromatic N) is 2. The van der Waals surface area contributed by atoms with E-state index in [0.717, 1.165) is 62.7 Å². The van der Waals surface area contributed by atoms with E-state index in [4.69, 9.17) is 26.4 Å². The summed E-state index contributed by atoms with van der Waals surface area (Å²) >= 11 is 5.56. The summed E-state index contributed by atoms with van der Waals surface area (Å²) in [6.45, 7) is 6.51. The second-order valence-electron chi connectivity index (χ2n) is 6.80. The number of aliphatic hydroxyl groups is 1. The molecule has 150 valence electrons. The smallest absolute Gasteiger partial charge is 0.169 e. The zero-order valence-corrected chi connectivity index (χ0v) is 16.9. The average Bonchev–Trinajstić information content (AvgIpc) is 2.70. The molecule has 1 atom stereocenters. The van der Waals surface area contributed by atoms with Crippen LogP contribution in [0.4, 0.5) is 0 Å². The minimum absolute atomic E-state index is 0.436. The molecule has 7 nitrogen and oxygen atoms in total. The molecule has 27 heavy (non-hydrogen) atoms. The molecule has 1 saturated heterocycles. The minimum atomic E-state index is -0.674. The zero-order valence-electron chi connectivity index (χ0n) is 16.1. The summed E-state index contributed by atoms with van der Waals surface area (Å²) in [4.78, 5) is 4.39. The highest BCUT2D eigenvalue weighted by atomic mass is 32.1. The van der Waals surface area contributed by atoms with Crippen LogP contribution in [-0.2, 0) is 11.3 Å². The van der Waals surface area contributed by atoms with Crippen LogP contribution in [0.2, 0.25) is 0 Å². The number of β-amino-alcohol motifs (C(OH)–C–C–N with tert-alkyl or cyclic N) is 1. The minimum Gasteiger partial charge on any atom is -0.496 e. The van der Waals surface area contributed by atoms with Gasteiger partial charge in [0.1, 0.15) is 17.6 Å². The van der Waals surface area contributed by atoms with Crippen LogP contribution in [-0.4, -0.2) is 80.2 Å². The molecular formula is C19H29N3O4S. The second kappa shape index (κ2) is 9.54. The highest BCUT2D eigenvalue weighted by Crippen LogP contribution is 2.39. The normalized spacial score (nSPS) is 20.1. The first-order valence-corrected chi connectivity index (χ1v) is 9.79. The van der Waals surface area contributed by atoms with Crippen molar-refractivity contribution in [3.63, 3.8) is 0 Å². The van der Waals surface area contributed by atoms with Crippen molar-refractivity contribution in [2.75, 3.05) is 60.2 Å². The molecule has 1 aromatic rings. The molecule has 2 aliphatic heterocycles. The number of nitrogens with one attached hydrogen (secondary N) is 1. The number of thiocarbonyl (C=S) groups is 1. The zero-order chi connectivity index (χ0) is 19.2. The topological polar surface area (TPSA) is 66.4 Å². The molecule has 0 bridgehead atoms. The Labute approximate surface area is 166 Å². The van der Waals surface area contributed by atoms with Crippen molar-refractivity contribution in [1.82, 2.24) is 15.1 Å². The first kappa shape index (κ1) is 20.1. The van der Waals surface area contributed by atoms with Gasteiger partial charge < -0.3 is 29.5 Å². The fourth-order valence-electron chi connectivity index (χ4n) is 3.67. The lowest BCUT2D eigenvalue weighted by atomic mass is 9.95. The van der Waals surface area contributed by atoms with Crippen LogP contribution < -0.4 is 14.8 Å². The summed E-state index contributed by atoms with van der Waals surface area (Å²) in [6, 6.07) is 3.70. The Morgan fingerprint density at radius 1 is 1.26 bits per heavy atom. The standard InChI is InChI=1S/C19H29N3O4S/c1-24-16-4-5-17(25-2)18-14(16)12-22(13-15(18)23)19(27)20-6-3-7-21-8-10-26-11-9-21/h4-5,15,23H,3,6-13H2,1-2H3,(H,20,27)/t15-/m0/s1. The molecule has 2 heterocycles. The van der Waals surface area contributed by atoms with E-state index < -0.39 is 6.10 Å². The van der Waals surface area contributed by atoms with Gasteiger partial charge in [0.05, 0.1) is 34.0 Å². The van der Waals surface area contributed by atoms with Gasteiger partial charge in [-0.1, -0.05) is 0 Å². The lowest BCUT2D eigenvalue weighted by Gasteiger charge is -2.35. The molecule has 0 aliphatic carbocycles. The Balaban J connectivity index is 1.56. The third kappa shape index (κ3) is 4.82. The van der Waals surface area contributed by atoms with E-state index >= 15 is 0 Å². The number of hydrogen-bond acceptors (Lipinski definition) is 6. The fraction of sp³-hybridized carbons (Fsp3) is 0.632. The highest BCUT2D eigenvalue weighted by molar-refractivity contribution is 7.80. The van der Waals surface area contributed by atoms with Crippen LogP contribution in [0.3, 0.4) is 0 Å². The highest BCUT2D eigenvalue weighted by Gasteiger charge is 2.30. The second-order valence-corrected chi connectivity index (χ2v) is 7.18. The van der Waals surface area contributed by atoms with Gasteiger partial charge in [-0.15, -0.1) is 0 Å². The third-order valence-corrected chi connectivity index (χ3v) is 5.51. The van der Waals surface area contributed by atoms with Crippen molar-refractivity contribution < 1.29 is 19.3 Å². The van der Waals surface area contributed by atoms with Gasteiger partial charge >= 0.3 is 0 Å². The van der Waals surface area contributed by atoms with E-state index in [2.05, 4.69) is 10.2 Å². The molecule has 2 aliphatic rings. The van der Waals surface area contributed by atoms with Gasteiger partial charge in [-0.25, -0.2) is 0 Å². The number of aliphatic hydroxyl groups excluding tert-OH is 1. The lowest BCUT2D eigenvalue weighted by Crippen LogP contribution is -2.45. The average molecular weight is 396 g/mol. The maximum absolute atomic E-state index is 10.7. The van der Waals surface area contributed by atoms with Gasteiger partial charge in [0, 0.05) is 37.3 Å². The molecule has 0 aromatic heterocycles. The predicted molar refractivity (Wildman–Crippen MR) is 107 cm³/mol. The SMILES string of the molecule is COc1ccc(OC)c2c1CN(C(=S)NCCCN1CCOCC1)C[C@@H]2O. The maximum atomic E-state index is 10.7. The van der Waals surface area contributed by atoms with E-state index in [-0.39, 0.29) is 0 Å². The van der Waals surface area contributed by atoms with Crippen molar-refractivity contribution in [3.05, 3.63) is 23.3 Å². The third-order valence-electron chi connectivity index (χ3n) is 5.11. The first-order chi connectivity index (χ1) is 13.1. The monoisotopic (exact) mass is 395 g/mol. The van der Waals surface area contributed by atoms with Gasteiger partial charge in [-0.3, -0.25) is 4.90 Å². The number of methoxy groups -OCH3 is 2. The Morgan fingerprint density at radius 3 is 2.67 bits per heavy atom. The van der Waals surface area contributed by atoms with E-state index in [1.807, 2.05) is 17.0 Å². The van der Waals surface area contributed by atoms with E-state index in [1.165, 1.54) is 0 Å². The number of fused-ring (bicyclic) bond motifs is 1. The van der Waals surface area contributed by atoms with Gasteiger partial charge in [0.15, 0.2) is 5.11 Å². The fourth-order valence-corrected chi connectivity index (χ4v) is 3.91. The first-order valence-electron chi connectivity index (χ1n) is 9.38. The molecule has 0 radical (unpaired) electrons. The summed E-state index contributed by atoms with van der Waals surface area (Å²) in [5, 5.41) is 14.7. The number of morpholine rings is 1. The maximum Gasteiger partial charge on any atom is 0.169 e. The molecule has 0 saturated carbocycles. The molecule has 1 aromatic carbocycles. The van der Waals surface area contributed by atoms with Crippen LogP contribution in [0.25, 0.3) is 0 Å². The predicted octanol–water partition coefficient (Wildman–Crippen LogP) is 1.15. The van der Waals surface area contributed by atoms with Crippen molar-refractivity contribution in [1.29, 1.82) is 0 Å². The van der Waals surface area contributed by atoms with Crippen molar-refractivity contribution >= 4 is 17.3 Å². The van der Waals surface area contributed by atoms with Gasteiger partial charge in [-0.2, -0.15) is 0 Å². The molecular weight excluding hydrogens is 366 g/mol. The number of hydrogen-bond donors (Lipinski definition) is 2. The van der Waals surface area contributed by atoms with Gasteiger partial charge in [-0.05, 0) is 37.3 Å². The van der Waals surface area contributed by atoms with Crippen LogP contribution in [0.5, 0.6) is 11.5 Å². The molecule has 0 unspecified atom stereocenters. The largest absolute Gasteiger partial charge is 0.496 e. The van der Waals surface area contributed by atoms with Crippen LogP contribution in [0.15, 0.2) is 12.1 Å². The van der Waals surface area contributed by atoms with Crippen LogP contribution >= 0.6 is 12.2 Å². The Bertz CT molecular complexity index is 652. The molecule has 0 spiro atoms. The lowest BCUT2D eigenvalue weighted by molar-refractivity contribution is 0.0375. The van der Waals surface area contributed by atoms with Crippen molar-refractivity contribution in [2.24, 2.45) is 0 Å². The number of ether oxygens (including phenoxy) is 3. The molecule has 1 fully saturated rings. The molecule has 3 rings (SSSR count). The summed E-state index contributed by atoms with van der Waals surface area (Å²) < 4.78 is 16.3. The van der Waals surface area contributed by atoms with E-state index in [1.54, 1.807) is 14.2 Å². The Hall–Kier alpha value is -1.61. The summed E-state index contributed by atoms with van der Waals surface area (Å²) in [6.07, 6.45) is 0.344. The number of benzene rings is 1. The number of rotatable bonds is 6. The van der Waals surface area contributed by atoms with Crippen molar-refractivity contribution in [2.45, 2.75) is 19.1 Å².